The van der Waals surface area contributed by atoms with Gasteiger partial charge in [-0.3, -0.25) is 9.69 Å². The molecule has 1 atom stereocenters. The van der Waals surface area contributed by atoms with Crippen LogP contribution in [-0.4, -0.2) is 62.6 Å². The van der Waals surface area contributed by atoms with Gasteiger partial charge in [-0.05, 0) is 45.0 Å². The Morgan fingerprint density at radius 1 is 1.17 bits per heavy atom. The molecule has 3 rings (SSSR count). The third kappa shape index (κ3) is 6.35. The number of carbonyl (C=O) groups excluding carboxylic acids is 3. The van der Waals surface area contributed by atoms with E-state index in [9.17, 15) is 14.4 Å². The topological polar surface area (TPSA) is 97.4 Å². The molecule has 2 aliphatic heterocycles. The zero-order valence-electron chi connectivity index (χ0n) is 18.3. The van der Waals surface area contributed by atoms with Crippen molar-refractivity contribution in [1.82, 2.24) is 5.32 Å². The van der Waals surface area contributed by atoms with Crippen LogP contribution in [0, 0.1) is 0 Å². The molecule has 0 spiro atoms. The van der Waals surface area contributed by atoms with Crippen molar-refractivity contribution in [2.45, 2.75) is 46.3 Å². The summed E-state index contributed by atoms with van der Waals surface area (Å²) < 4.78 is 15.6. The molecule has 9 nitrogen and oxygen atoms in total. The average molecular weight is 424 g/mol. The van der Waals surface area contributed by atoms with Gasteiger partial charge in [0.15, 0.2) is 0 Å². The molecule has 2 heterocycles. The van der Waals surface area contributed by atoms with Gasteiger partial charge in [-0.15, -0.1) is 0 Å². The number of benzene rings is 1. The van der Waals surface area contributed by atoms with Crippen LogP contribution in [0.1, 0.15) is 36.0 Å². The molecular weight excluding hydrogens is 390 g/mol. The highest BCUT2D eigenvalue weighted by molar-refractivity contribution is 5.95. The number of hydrogen-bond donors (Lipinski definition) is 1. The van der Waals surface area contributed by atoms with Crippen molar-refractivity contribution in [1.29, 1.82) is 0 Å². The van der Waals surface area contributed by atoms with Crippen LogP contribution in [0.5, 0.6) is 0 Å². The van der Waals surface area contributed by atoms with Gasteiger partial charge in [0.05, 0.1) is 19.7 Å². The van der Waals surface area contributed by atoms with Crippen LogP contribution in [-0.2, 0) is 19.0 Å². The summed E-state index contributed by atoms with van der Waals surface area (Å²) in [7, 11) is 0. The average Bonchev–Trinajstić information content (AvgIpc) is 3.08. The minimum absolute atomic E-state index is 0. The van der Waals surface area contributed by atoms with Crippen LogP contribution in [0.2, 0.25) is 0 Å². The smallest absolute Gasteiger partial charge is 0.414 e. The second-order valence-electron chi connectivity index (χ2n) is 7.61. The van der Waals surface area contributed by atoms with Gasteiger partial charge in [0.1, 0.15) is 18.3 Å². The maximum atomic E-state index is 12.2. The number of rotatable bonds is 4. The molecule has 2 saturated heterocycles. The van der Waals surface area contributed by atoms with Crippen molar-refractivity contribution in [2.24, 2.45) is 0 Å². The highest BCUT2D eigenvalue weighted by Gasteiger charge is 2.33. The van der Waals surface area contributed by atoms with Gasteiger partial charge in [0.25, 0.3) is 5.91 Å². The fourth-order valence-corrected chi connectivity index (χ4v) is 2.95. The molecule has 0 radical (unpaired) electrons. The molecule has 168 valence electrons. The zero-order chi connectivity index (χ0) is 22.3. The SMILES string of the molecule is CC.CC(C)(C)OC(=O)NC[C@H]1CN(c2ccc(N3CCOCC3=O)cc2)C(=O)O1.[HH]. The van der Waals surface area contributed by atoms with E-state index in [2.05, 4.69) is 5.32 Å². The molecule has 0 unspecified atom stereocenters. The third-order valence-electron chi connectivity index (χ3n) is 4.21. The number of cyclic esters (lactones) is 1. The standard InChI is InChI=1S/C19H25N3O6.C2H6.H2/c1-19(2,3)28-17(24)20-10-15-11-22(18(25)27-15)14-6-4-13(5-7-14)21-8-9-26-12-16(21)23;1-2;/h4-7,15H,8-12H2,1-3H3,(H,20,24);1-2H3;1H/t15-;;/m0../s1. The molecule has 0 aliphatic carbocycles. The van der Waals surface area contributed by atoms with Crippen molar-refractivity contribution < 1.29 is 30.0 Å². The van der Waals surface area contributed by atoms with Crippen LogP contribution in [0.4, 0.5) is 21.0 Å². The fourth-order valence-electron chi connectivity index (χ4n) is 2.95. The quantitative estimate of drug-likeness (QED) is 0.799. The molecule has 0 aromatic heterocycles. The predicted molar refractivity (Wildman–Crippen MR) is 115 cm³/mol. The predicted octanol–water partition coefficient (Wildman–Crippen LogP) is 3.17. The van der Waals surface area contributed by atoms with E-state index in [-0.39, 0.29) is 20.5 Å². The lowest BCUT2D eigenvalue weighted by atomic mass is 10.2. The molecule has 1 aromatic carbocycles. The number of morpholine rings is 1. The van der Waals surface area contributed by atoms with Gasteiger partial charge in [-0.25, -0.2) is 9.59 Å². The Labute approximate surface area is 178 Å². The Kier molecular flexibility index (Phi) is 8.05. The van der Waals surface area contributed by atoms with E-state index in [1.165, 1.54) is 4.90 Å². The number of anilines is 2. The molecule has 9 heteroatoms. The molecule has 30 heavy (non-hydrogen) atoms. The van der Waals surface area contributed by atoms with Crippen LogP contribution in [0.3, 0.4) is 0 Å². The minimum Gasteiger partial charge on any atom is -0.444 e. The lowest BCUT2D eigenvalue weighted by Crippen LogP contribution is -2.41. The van der Waals surface area contributed by atoms with E-state index in [1.54, 1.807) is 49.9 Å². The summed E-state index contributed by atoms with van der Waals surface area (Å²) >= 11 is 0. The first-order valence-electron chi connectivity index (χ1n) is 10.2. The Morgan fingerprint density at radius 3 is 2.33 bits per heavy atom. The number of ether oxygens (including phenoxy) is 3. The van der Waals surface area contributed by atoms with E-state index in [0.717, 1.165) is 5.69 Å². The van der Waals surface area contributed by atoms with Crippen molar-refractivity contribution in [3.05, 3.63) is 24.3 Å². The largest absolute Gasteiger partial charge is 0.444 e. The second-order valence-corrected chi connectivity index (χ2v) is 7.61. The summed E-state index contributed by atoms with van der Waals surface area (Å²) in [6, 6.07) is 7.11. The number of nitrogens with zero attached hydrogens (tertiary/aromatic N) is 2. The third-order valence-corrected chi connectivity index (χ3v) is 4.21. The van der Waals surface area contributed by atoms with Crippen LogP contribution in [0.15, 0.2) is 24.3 Å². The Bertz CT molecular complexity index is 750. The highest BCUT2D eigenvalue weighted by atomic mass is 16.6. The van der Waals surface area contributed by atoms with E-state index in [4.69, 9.17) is 14.2 Å². The van der Waals surface area contributed by atoms with Crippen LogP contribution >= 0.6 is 0 Å². The summed E-state index contributed by atoms with van der Waals surface area (Å²) in [6.45, 7) is 10.9. The van der Waals surface area contributed by atoms with E-state index in [1.807, 2.05) is 13.8 Å². The summed E-state index contributed by atoms with van der Waals surface area (Å²) in [4.78, 5) is 39.0. The van der Waals surface area contributed by atoms with Gasteiger partial charge in [0, 0.05) is 19.3 Å². The lowest BCUT2D eigenvalue weighted by Gasteiger charge is -2.27. The summed E-state index contributed by atoms with van der Waals surface area (Å²) in [5.74, 6) is -0.0899. The van der Waals surface area contributed by atoms with E-state index < -0.39 is 23.9 Å². The molecule has 2 fully saturated rings. The van der Waals surface area contributed by atoms with Gasteiger partial charge in [0.2, 0.25) is 0 Å². The van der Waals surface area contributed by atoms with Crippen molar-refractivity contribution in [2.75, 3.05) is 42.6 Å². The second kappa shape index (κ2) is 10.3. The first-order chi connectivity index (χ1) is 14.2. The maximum absolute atomic E-state index is 12.2. The molecule has 1 aromatic rings. The normalized spacial score (nSPS) is 19.0. The van der Waals surface area contributed by atoms with Gasteiger partial charge in [-0.1, -0.05) is 13.8 Å². The number of nitrogens with one attached hydrogen (secondary N) is 1. The summed E-state index contributed by atoms with van der Waals surface area (Å²) in [5.41, 5.74) is 0.827. The van der Waals surface area contributed by atoms with Gasteiger partial charge < -0.3 is 24.4 Å². The molecule has 1 N–H and O–H groups in total. The number of hydrogen-bond acceptors (Lipinski definition) is 6. The Hall–Kier alpha value is -2.81. The van der Waals surface area contributed by atoms with Crippen molar-refractivity contribution in [3.63, 3.8) is 0 Å². The van der Waals surface area contributed by atoms with Crippen LogP contribution < -0.4 is 15.1 Å². The first-order valence-corrected chi connectivity index (χ1v) is 10.2. The maximum Gasteiger partial charge on any atom is 0.414 e. The van der Waals surface area contributed by atoms with Gasteiger partial charge in [-0.2, -0.15) is 0 Å². The lowest BCUT2D eigenvalue weighted by molar-refractivity contribution is -0.125. The molecule has 2 aliphatic rings. The minimum atomic E-state index is -0.591. The van der Waals surface area contributed by atoms with E-state index >= 15 is 0 Å². The Morgan fingerprint density at radius 2 is 1.77 bits per heavy atom. The number of alkyl carbamates (subject to hydrolysis) is 1. The number of carbonyl (C=O) groups is 3. The van der Waals surface area contributed by atoms with Crippen LogP contribution in [0.25, 0.3) is 0 Å². The summed E-state index contributed by atoms with van der Waals surface area (Å²) in [5, 5.41) is 2.61. The first kappa shape index (κ1) is 23.5. The van der Waals surface area contributed by atoms with Crippen molar-refractivity contribution in [3.8, 4) is 0 Å². The molecule has 3 amide bonds. The summed E-state index contributed by atoms with van der Waals surface area (Å²) in [6.07, 6.45) is -1.51. The molecular formula is C21H33N3O6. The monoisotopic (exact) mass is 423 g/mol. The van der Waals surface area contributed by atoms with E-state index in [0.29, 0.717) is 25.4 Å². The Balaban J connectivity index is 0.00000156. The fraction of sp³-hybridized carbons (Fsp3) is 0.571. The number of amides is 3. The van der Waals surface area contributed by atoms with Gasteiger partial charge >= 0.3 is 12.2 Å². The highest BCUT2D eigenvalue weighted by Crippen LogP contribution is 2.25. The molecule has 0 bridgehead atoms. The molecule has 0 saturated carbocycles. The van der Waals surface area contributed by atoms with Crippen molar-refractivity contribution >= 4 is 29.5 Å². The zero-order valence-corrected chi connectivity index (χ0v) is 18.3.